The number of carbonyl (C=O) groups is 1. The first-order valence-electron chi connectivity index (χ1n) is 5.86. The van der Waals surface area contributed by atoms with Crippen LogP contribution in [0.4, 0.5) is 0 Å². The average Bonchev–Trinajstić information content (AvgIpc) is 2.25. The maximum absolute atomic E-state index is 11.6. The van der Waals surface area contributed by atoms with Crippen molar-refractivity contribution in [2.45, 2.75) is 28.2 Å². The summed E-state index contributed by atoms with van der Waals surface area (Å²) in [6.45, 7) is 7.88. The van der Waals surface area contributed by atoms with Gasteiger partial charge in [-0.3, -0.25) is 4.79 Å². The summed E-state index contributed by atoms with van der Waals surface area (Å²) in [5, 5.41) is 8.46. The molecule has 0 rings (SSSR count). The zero-order valence-corrected chi connectivity index (χ0v) is 11.8. The van der Waals surface area contributed by atoms with Crippen LogP contribution in [0.5, 0.6) is 0 Å². The molecule has 0 bridgehead atoms. The van der Waals surface area contributed by atoms with Crippen LogP contribution in [0.15, 0.2) is 0 Å². The van der Waals surface area contributed by atoms with Crippen LogP contribution in [0.25, 0.3) is 0 Å². The molecule has 0 heterocycles. The van der Waals surface area contributed by atoms with Crippen molar-refractivity contribution in [2.24, 2.45) is 5.41 Å². The third-order valence-corrected chi connectivity index (χ3v) is 2.97. The van der Waals surface area contributed by atoms with E-state index in [1.54, 1.807) is 11.8 Å². The molecule has 0 aliphatic carbocycles. The van der Waals surface area contributed by atoms with Gasteiger partial charge in [0.2, 0.25) is 0 Å². The lowest BCUT2D eigenvalue weighted by molar-refractivity contribution is -0.123. The van der Waals surface area contributed by atoms with Crippen LogP contribution in [-0.4, -0.2) is 55.4 Å². The largest absolute Gasteiger partial charge is 0.394 e. The van der Waals surface area contributed by atoms with Gasteiger partial charge in [0.25, 0.3) is 0 Å². The van der Waals surface area contributed by atoms with Crippen LogP contribution in [0, 0.1) is 5.41 Å². The summed E-state index contributed by atoms with van der Waals surface area (Å²) in [5.74, 6) is 1.64. The van der Waals surface area contributed by atoms with Gasteiger partial charge in [0.1, 0.15) is 5.78 Å². The Hall–Kier alpha value is -0.100. The number of hydrogen-bond acceptors (Lipinski definition) is 5. The van der Waals surface area contributed by atoms with Crippen molar-refractivity contribution in [3.63, 3.8) is 0 Å². The predicted octanol–water partition coefficient (Wildman–Crippen LogP) is 2.00. The number of ether oxygens (including phenoxy) is 2. The minimum atomic E-state index is -0.244. The molecule has 0 aromatic rings. The maximum atomic E-state index is 11.6. The van der Waals surface area contributed by atoms with Gasteiger partial charge in [0, 0.05) is 11.2 Å². The SMILES string of the molecule is C.CC(C)(C)C(=O)CSCCOCCOCCO. The Balaban J connectivity index is 0. The highest BCUT2D eigenvalue weighted by Gasteiger charge is 2.20. The molecule has 0 spiro atoms. The monoisotopic (exact) mass is 280 g/mol. The van der Waals surface area contributed by atoms with Crippen LogP contribution >= 0.6 is 11.8 Å². The van der Waals surface area contributed by atoms with E-state index in [1.165, 1.54) is 0 Å². The first-order valence-corrected chi connectivity index (χ1v) is 7.01. The smallest absolute Gasteiger partial charge is 0.148 e. The molecule has 0 radical (unpaired) electrons. The van der Waals surface area contributed by atoms with Gasteiger partial charge in [0.05, 0.1) is 38.8 Å². The number of hydrogen-bond donors (Lipinski definition) is 1. The Bertz CT molecular complexity index is 202. The number of rotatable bonds is 10. The second-order valence-corrected chi connectivity index (χ2v) is 5.78. The van der Waals surface area contributed by atoms with Crippen LogP contribution in [-0.2, 0) is 14.3 Å². The van der Waals surface area contributed by atoms with Gasteiger partial charge in [-0.15, -0.1) is 0 Å². The Morgan fingerprint density at radius 2 is 1.67 bits per heavy atom. The molecule has 0 amide bonds. The highest BCUT2D eigenvalue weighted by molar-refractivity contribution is 7.99. The number of thioether (sulfide) groups is 1. The molecule has 0 atom stereocenters. The second-order valence-electron chi connectivity index (χ2n) is 4.67. The fraction of sp³-hybridized carbons (Fsp3) is 0.923. The van der Waals surface area contributed by atoms with Crippen LogP contribution in [0.1, 0.15) is 28.2 Å². The molecule has 18 heavy (non-hydrogen) atoms. The molecule has 4 nitrogen and oxygen atoms in total. The summed E-state index contributed by atoms with van der Waals surface area (Å²) in [4.78, 5) is 11.6. The molecular weight excluding hydrogens is 252 g/mol. The zero-order valence-electron chi connectivity index (χ0n) is 11.0. The highest BCUT2D eigenvalue weighted by atomic mass is 32.2. The van der Waals surface area contributed by atoms with E-state index in [-0.39, 0.29) is 25.2 Å². The number of carbonyl (C=O) groups excluding carboxylic acids is 1. The van der Waals surface area contributed by atoms with Crippen molar-refractivity contribution in [1.29, 1.82) is 0 Å². The van der Waals surface area contributed by atoms with Crippen LogP contribution < -0.4 is 0 Å². The number of aliphatic hydroxyl groups is 1. The van der Waals surface area contributed by atoms with Gasteiger partial charge in [0.15, 0.2) is 0 Å². The molecule has 0 unspecified atom stereocenters. The third-order valence-electron chi connectivity index (χ3n) is 2.05. The number of Topliss-reactive ketones (excluding diaryl/α,β-unsaturated/α-hetero) is 1. The van der Waals surface area contributed by atoms with Crippen molar-refractivity contribution in [3.05, 3.63) is 0 Å². The molecule has 110 valence electrons. The van der Waals surface area contributed by atoms with E-state index in [0.717, 1.165) is 5.75 Å². The molecule has 0 saturated carbocycles. The van der Waals surface area contributed by atoms with E-state index in [0.29, 0.717) is 32.2 Å². The summed E-state index contributed by atoms with van der Waals surface area (Å²) in [6, 6.07) is 0. The standard InChI is InChI=1S/C12H24O4S.CH4/c1-12(2,3)11(14)10-17-9-8-16-7-6-15-5-4-13;/h13H,4-10H2,1-3H3;1H4. The normalized spacial score (nSPS) is 11.1. The molecule has 0 aromatic heterocycles. The third kappa shape index (κ3) is 12.4. The fourth-order valence-electron chi connectivity index (χ4n) is 0.886. The van der Waals surface area contributed by atoms with E-state index < -0.39 is 0 Å². The van der Waals surface area contributed by atoms with E-state index in [4.69, 9.17) is 14.6 Å². The number of ketones is 1. The predicted molar refractivity (Wildman–Crippen MR) is 77.2 cm³/mol. The Labute approximate surface area is 115 Å². The minimum Gasteiger partial charge on any atom is -0.394 e. The zero-order chi connectivity index (χ0) is 13.1. The van der Waals surface area contributed by atoms with Crippen molar-refractivity contribution < 1.29 is 19.4 Å². The Morgan fingerprint density at radius 1 is 1.11 bits per heavy atom. The van der Waals surface area contributed by atoms with Gasteiger partial charge < -0.3 is 14.6 Å². The Morgan fingerprint density at radius 3 is 2.17 bits per heavy atom. The minimum absolute atomic E-state index is 0. The quantitative estimate of drug-likeness (QED) is 0.620. The molecule has 1 N–H and O–H groups in total. The molecule has 0 aliphatic heterocycles. The van der Waals surface area contributed by atoms with Gasteiger partial charge in [-0.05, 0) is 0 Å². The highest BCUT2D eigenvalue weighted by Crippen LogP contribution is 2.17. The van der Waals surface area contributed by atoms with E-state index >= 15 is 0 Å². The van der Waals surface area contributed by atoms with Crippen molar-refractivity contribution in [2.75, 3.05) is 44.5 Å². The molecular formula is C13H28O4S. The van der Waals surface area contributed by atoms with Gasteiger partial charge in [-0.25, -0.2) is 0 Å². The van der Waals surface area contributed by atoms with Crippen molar-refractivity contribution in [3.8, 4) is 0 Å². The fourth-order valence-corrected chi connectivity index (χ4v) is 1.88. The molecule has 0 saturated heterocycles. The van der Waals surface area contributed by atoms with E-state index in [2.05, 4.69) is 0 Å². The average molecular weight is 280 g/mol. The summed E-state index contributed by atoms with van der Waals surface area (Å²) >= 11 is 1.60. The second kappa shape index (κ2) is 12.0. The summed E-state index contributed by atoms with van der Waals surface area (Å²) in [6.07, 6.45) is 0. The molecule has 5 heteroatoms. The van der Waals surface area contributed by atoms with Crippen LogP contribution in [0.2, 0.25) is 0 Å². The lowest BCUT2D eigenvalue weighted by Gasteiger charge is -2.15. The van der Waals surface area contributed by atoms with Gasteiger partial charge in [-0.2, -0.15) is 11.8 Å². The summed E-state index contributed by atoms with van der Waals surface area (Å²) in [5.41, 5.74) is -0.244. The topological polar surface area (TPSA) is 55.8 Å². The lowest BCUT2D eigenvalue weighted by Crippen LogP contribution is -2.22. The molecule has 0 aliphatic rings. The van der Waals surface area contributed by atoms with Crippen molar-refractivity contribution in [1.82, 2.24) is 0 Å². The first-order chi connectivity index (χ1) is 7.98. The lowest BCUT2D eigenvalue weighted by atomic mass is 9.92. The van der Waals surface area contributed by atoms with Gasteiger partial charge in [-0.1, -0.05) is 28.2 Å². The molecule has 0 fully saturated rings. The first kappa shape index (κ1) is 20.2. The van der Waals surface area contributed by atoms with Crippen molar-refractivity contribution >= 4 is 17.5 Å². The summed E-state index contributed by atoms with van der Waals surface area (Å²) in [7, 11) is 0. The summed E-state index contributed by atoms with van der Waals surface area (Å²) < 4.78 is 10.3. The van der Waals surface area contributed by atoms with E-state index in [1.807, 2.05) is 20.8 Å². The Kier molecular flexibility index (Phi) is 13.4. The molecule has 0 aromatic carbocycles. The van der Waals surface area contributed by atoms with Crippen LogP contribution in [0.3, 0.4) is 0 Å². The van der Waals surface area contributed by atoms with Gasteiger partial charge >= 0.3 is 0 Å². The maximum Gasteiger partial charge on any atom is 0.148 e. The van der Waals surface area contributed by atoms with E-state index in [9.17, 15) is 4.79 Å². The number of aliphatic hydroxyl groups excluding tert-OH is 1.